The van der Waals surface area contributed by atoms with Gasteiger partial charge in [-0.2, -0.15) is 0 Å². The van der Waals surface area contributed by atoms with Gasteiger partial charge in [-0.05, 0) is 12.8 Å². The van der Waals surface area contributed by atoms with Crippen molar-refractivity contribution in [1.29, 1.82) is 0 Å². The van der Waals surface area contributed by atoms with Crippen LogP contribution >= 0.6 is 0 Å². The van der Waals surface area contributed by atoms with Crippen molar-refractivity contribution in [3.8, 4) is 0 Å². The number of carbonyl (C=O) groups excluding carboxylic acids is 1. The van der Waals surface area contributed by atoms with Gasteiger partial charge in [0, 0.05) is 17.4 Å². The van der Waals surface area contributed by atoms with Crippen LogP contribution in [0, 0.1) is 11.3 Å². The molecule has 0 radical (unpaired) electrons. The summed E-state index contributed by atoms with van der Waals surface area (Å²) in [5, 5.41) is 0. The first-order valence-electron chi connectivity index (χ1n) is 5.71. The van der Waals surface area contributed by atoms with Crippen molar-refractivity contribution < 1.29 is 9.53 Å². The summed E-state index contributed by atoms with van der Waals surface area (Å²) < 4.78 is 5.21. The van der Waals surface area contributed by atoms with E-state index in [1.807, 2.05) is 20.8 Å². The number of methoxy groups -OCH3 is 1. The highest BCUT2D eigenvalue weighted by atomic mass is 16.5. The molecule has 0 aromatic heterocycles. The van der Waals surface area contributed by atoms with E-state index in [9.17, 15) is 4.79 Å². The molecular formula is C13H24O2. The Morgan fingerprint density at radius 2 is 1.80 bits per heavy atom. The van der Waals surface area contributed by atoms with Crippen LogP contribution in [0.15, 0.2) is 11.8 Å². The van der Waals surface area contributed by atoms with Gasteiger partial charge >= 0.3 is 0 Å². The summed E-state index contributed by atoms with van der Waals surface area (Å²) in [7, 11) is 1.62. The molecule has 0 fully saturated rings. The Kier molecular flexibility index (Phi) is 5.63. The van der Waals surface area contributed by atoms with Crippen LogP contribution < -0.4 is 0 Å². The minimum Gasteiger partial charge on any atom is -0.501 e. The molecule has 0 spiro atoms. The highest BCUT2D eigenvalue weighted by molar-refractivity contribution is 5.94. The van der Waals surface area contributed by atoms with Gasteiger partial charge in [-0.3, -0.25) is 4.79 Å². The van der Waals surface area contributed by atoms with Crippen LogP contribution in [-0.4, -0.2) is 12.9 Å². The fourth-order valence-electron chi connectivity index (χ4n) is 1.36. The molecule has 0 saturated carbocycles. The molecule has 0 atom stereocenters. The highest BCUT2D eigenvalue weighted by Crippen LogP contribution is 2.28. The Morgan fingerprint density at radius 1 is 1.33 bits per heavy atom. The summed E-state index contributed by atoms with van der Waals surface area (Å²) in [6, 6.07) is 0. The number of rotatable bonds is 6. The predicted octanol–water partition coefficient (Wildman–Crippen LogP) is 3.57. The number of ketones is 1. The van der Waals surface area contributed by atoms with Gasteiger partial charge in [-0.1, -0.05) is 34.6 Å². The largest absolute Gasteiger partial charge is 0.501 e. The molecule has 0 aromatic rings. The number of hydrogen-bond donors (Lipinski definition) is 0. The first-order chi connectivity index (χ1) is 6.91. The van der Waals surface area contributed by atoms with Crippen molar-refractivity contribution in [3.63, 3.8) is 0 Å². The molecular weight excluding hydrogens is 188 g/mol. The summed E-state index contributed by atoms with van der Waals surface area (Å²) in [5.74, 6) is 1.21. The van der Waals surface area contributed by atoms with Gasteiger partial charge in [0.25, 0.3) is 0 Å². The summed E-state index contributed by atoms with van der Waals surface area (Å²) in [5.41, 5.74) is -0.237. The fourth-order valence-corrected chi connectivity index (χ4v) is 1.36. The second-order valence-corrected chi connectivity index (χ2v) is 4.54. The van der Waals surface area contributed by atoms with E-state index in [1.165, 1.54) is 0 Å². The van der Waals surface area contributed by atoms with E-state index < -0.39 is 0 Å². The van der Waals surface area contributed by atoms with Crippen molar-refractivity contribution in [2.24, 2.45) is 11.3 Å². The third kappa shape index (κ3) is 3.69. The Balaban J connectivity index is 4.85. The molecule has 0 aliphatic rings. The zero-order valence-electron chi connectivity index (χ0n) is 10.9. The van der Waals surface area contributed by atoms with Crippen LogP contribution in [0.4, 0.5) is 0 Å². The van der Waals surface area contributed by atoms with Gasteiger partial charge < -0.3 is 4.74 Å². The smallest absolute Gasteiger partial charge is 0.164 e. The molecule has 0 N–H and O–H groups in total. The molecule has 0 amide bonds. The average Bonchev–Trinajstić information content (AvgIpc) is 2.23. The lowest BCUT2D eigenvalue weighted by molar-refractivity contribution is -0.123. The van der Waals surface area contributed by atoms with Gasteiger partial charge in [0.2, 0.25) is 0 Å². The van der Waals surface area contributed by atoms with Crippen LogP contribution in [-0.2, 0) is 9.53 Å². The molecule has 15 heavy (non-hydrogen) atoms. The quantitative estimate of drug-likeness (QED) is 0.497. The number of hydrogen-bond acceptors (Lipinski definition) is 2. The maximum absolute atomic E-state index is 12.0. The van der Waals surface area contributed by atoms with Crippen molar-refractivity contribution in [1.82, 2.24) is 0 Å². The monoisotopic (exact) mass is 212 g/mol. The molecule has 0 bridgehead atoms. The third-order valence-electron chi connectivity index (χ3n) is 3.23. The van der Waals surface area contributed by atoms with Crippen molar-refractivity contribution >= 4 is 5.78 Å². The van der Waals surface area contributed by atoms with E-state index in [4.69, 9.17) is 4.74 Å². The Hall–Kier alpha value is -0.790. The normalized spacial score (nSPS) is 13.1. The fraction of sp³-hybridized carbons (Fsp3) is 0.769. The van der Waals surface area contributed by atoms with Crippen molar-refractivity contribution in [3.05, 3.63) is 11.8 Å². The predicted molar refractivity (Wildman–Crippen MR) is 63.6 cm³/mol. The number of ether oxygens (including phenoxy) is 1. The first-order valence-corrected chi connectivity index (χ1v) is 5.71. The highest BCUT2D eigenvalue weighted by Gasteiger charge is 2.28. The first kappa shape index (κ1) is 14.2. The molecule has 0 aromatic carbocycles. The van der Waals surface area contributed by atoms with Crippen LogP contribution in [0.3, 0.4) is 0 Å². The second kappa shape index (κ2) is 5.94. The van der Waals surface area contributed by atoms with Gasteiger partial charge in [-0.25, -0.2) is 0 Å². The van der Waals surface area contributed by atoms with E-state index in [-0.39, 0.29) is 17.1 Å². The molecule has 2 nitrogen and oxygen atoms in total. The van der Waals surface area contributed by atoms with Crippen LogP contribution in [0.5, 0.6) is 0 Å². The van der Waals surface area contributed by atoms with Crippen LogP contribution in [0.1, 0.15) is 47.5 Å². The molecule has 0 saturated heterocycles. The number of carbonyl (C=O) groups is 1. The zero-order chi connectivity index (χ0) is 12.1. The molecule has 0 rings (SSSR count). The summed E-state index contributed by atoms with van der Waals surface area (Å²) in [6.07, 6.45) is 3.40. The Bertz CT molecular complexity index is 235. The Labute approximate surface area is 93.7 Å². The average molecular weight is 212 g/mol. The third-order valence-corrected chi connectivity index (χ3v) is 3.23. The lowest BCUT2D eigenvalue weighted by Gasteiger charge is -2.23. The maximum atomic E-state index is 12.0. The molecule has 0 aliphatic carbocycles. The summed E-state index contributed by atoms with van der Waals surface area (Å²) in [4.78, 5) is 12.0. The lowest BCUT2D eigenvalue weighted by Crippen LogP contribution is -2.25. The van der Waals surface area contributed by atoms with Crippen LogP contribution in [0.25, 0.3) is 0 Å². The van der Waals surface area contributed by atoms with E-state index in [0.29, 0.717) is 0 Å². The van der Waals surface area contributed by atoms with E-state index in [0.717, 1.165) is 18.6 Å². The van der Waals surface area contributed by atoms with Gasteiger partial charge in [-0.15, -0.1) is 0 Å². The zero-order valence-corrected chi connectivity index (χ0v) is 10.9. The van der Waals surface area contributed by atoms with E-state index in [2.05, 4.69) is 13.8 Å². The standard InChI is InChI=1S/C13H24O2/c1-7-13(5,8-2)12(14)9-11(15-6)10(3)4/h9-10H,7-8H2,1-6H3/b11-9-. The Morgan fingerprint density at radius 3 is 2.07 bits per heavy atom. The van der Waals surface area contributed by atoms with Gasteiger partial charge in [0.05, 0.1) is 7.11 Å². The molecule has 0 unspecified atom stereocenters. The van der Waals surface area contributed by atoms with Crippen molar-refractivity contribution in [2.75, 3.05) is 7.11 Å². The number of allylic oxidation sites excluding steroid dienone is 2. The second-order valence-electron chi connectivity index (χ2n) is 4.54. The van der Waals surface area contributed by atoms with Gasteiger partial charge in [0.1, 0.15) is 5.76 Å². The minimum absolute atomic E-state index is 0.179. The summed E-state index contributed by atoms with van der Waals surface area (Å²) in [6.45, 7) is 10.2. The SMILES string of the molecule is CCC(C)(CC)C(=O)/C=C(\OC)C(C)C. The molecule has 0 aliphatic heterocycles. The van der Waals surface area contributed by atoms with Crippen molar-refractivity contribution in [2.45, 2.75) is 47.5 Å². The van der Waals surface area contributed by atoms with Crippen LogP contribution in [0.2, 0.25) is 0 Å². The lowest BCUT2D eigenvalue weighted by atomic mass is 9.80. The maximum Gasteiger partial charge on any atom is 0.164 e. The molecule has 88 valence electrons. The minimum atomic E-state index is -0.237. The summed E-state index contributed by atoms with van der Waals surface area (Å²) >= 11 is 0. The topological polar surface area (TPSA) is 26.3 Å². The molecule has 2 heteroatoms. The van der Waals surface area contributed by atoms with E-state index >= 15 is 0 Å². The van der Waals surface area contributed by atoms with Gasteiger partial charge in [0.15, 0.2) is 5.78 Å². The molecule has 0 heterocycles. The van der Waals surface area contributed by atoms with E-state index in [1.54, 1.807) is 13.2 Å².